The van der Waals surface area contributed by atoms with Gasteiger partial charge in [0.25, 0.3) is 0 Å². The van der Waals surface area contributed by atoms with E-state index in [1.165, 1.54) is 11.4 Å². The van der Waals surface area contributed by atoms with Gasteiger partial charge in [0.2, 0.25) is 0 Å². The minimum Gasteiger partial charge on any atom is -0.478 e. The molecule has 1 aliphatic rings. The Balaban J connectivity index is 1.81. The lowest BCUT2D eigenvalue weighted by atomic mass is 10.1. The van der Waals surface area contributed by atoms with E-state index < -0.39 is 5.97 Å². The second kappa shape index (κ2) is 5.34. The first-order valence-electron chi connectivity index (χ1n) is 6.61. The lowest BCUT2D eigenvalue weighted by Crippen LogP contribution is -2.13. The lowest BCUT2D eigenvalue weighted by Gasteiger charge is -2.06. The fraction of sp³-hybridized carbons (Fsp3) is 0.333. The smallest absolute Gasteiger partial charge is 0.335 e. The average molecular weight is 288 g/mol. The van der Waals surface area contributed by atoms with E-state index in [2.05, 4.69) is 17.3 Å². The highest BCUT2D eigenvalue weighted by Crippen LogP contribution is 2.31. The quantitative estimate of drug-likeness (QED) is 0.943. The van der Waals surface area contributed by atoms with Crippen LogP contribution in [0.2, 0.25) is 0 Å². The molecule has 0 amide bonds. The number of aromatic nitrogens is 1. The molecule has 3 rings (SSSR count). The monoisotopic (exact) mass is 288 g/mol. The van der Waals surface area contributed by atoms with E-state index in [0.29, 0.717) is 11.5 Å². The van der Waals surface area contributed by atoms with Crippen LogP contribution in [0.1, 0.15) is 27.7 Å². The Bertz CT molecular complexity index is 621. The van der Waals surface area contributed by atoms with Crippen molar-refractivity contribution in [1.29, 1.82) is 0 Å². The summed E-state index contributed by atoms with van der Waals surface area (Å²) >= 11 is 1.70. The van der Waals surface area contributed by atoms with Gasteiger partial charge in [0, 0.05) is 23.4 Å². The molecule has 0 radical (unpaired) electrons. The predicted molar refractivity (Wildman–Crippen MR) is 79.4 cm³/mol. The molecular weight excluding hydrogens is 272 g/mol. The SMILES string of the molecule is CN1CCC(c2nc(-c3ccc(C(=O)O)cc3)cs2)C1. The van der Waals surface area contributed by atoms with Gasteiger partial charge >= 0.3 is 5.97 Å². The van der Waals surface area contributed by atoms with Crippen molar-refractivity contribution in [2.75, 3.05) is 20.1 Å². The number of carboxylic acid groups (broad SMARTS) is 1. The molecule has 1 unspecified atom stereocenters. The first-order valence-corrected chi connectivity index (χ1v) is 7.49. The van der Waals surface area contributed by atoms with Crippen LogP contribution in [0.5, 0.6) is 0 Å². The maximum Gasteiger partial charge on any atom is 0.335 e. The van der Waals surface area contributed by atoms with Gasteiger partial charge in [-0.25, -0.2) is 9.78 Å². The predicted octanol–water partition coefficient (Wildman–Crippen LogP) is 2.93. The van der Waals surface area contributed by atoms with Crippen LogP contribution in [0, 0.1) is 0 Å². The first kappa shape index (κ1) is 13.3. The molecule has 1 aliphatic heterocycles. The van der Waals surface area contributed by atoms with Gasteiger partial charge in [-0.1, -0.05) is 12.1 Å². The van der Waals surface area contributed by atoms with Crippen LogP contribution in [0.4, 0.5) is 0 Å². The number of benzene rings is 1. The molecule has 0 saturated carbocycles. The molecule has 104 valence electrons. The average Bonchev–Trinajstić information content (AvgIpc) is 3.07. The molecule has 0 bridgehead atoms. The van der Waals surface area contributed by atoms with E-state index in [9.17, 15) is 4.79 Å². The molecule has 0 spiro atoms. The molecular formula is C15H16N2O2S. The minimum absolute atomic E-state index is 0.307. The second-order valence-corrected chi connectivity index (χ2v) is 6.09. The highest BCUT2D eigenvalue weighted by molar-refractivity contribution is 7.10. The summed E-state index contributed by atoms with van der Waals surface area (Å²) in [7, 11) is 2.14. The topological polar surface area (TPSA) is 53.4 Å². The zero-order valence-corrected chi connectivity index (χ0v) is 12.1. The molecule has 20 heavy (non-hydrogen) atoms. The molecule has 1 N–H and O–H groups in total. The van der Waals surface area contributed by atoms with E-state index in [-0.39, 0.29) is 0 Å². The lowest BCUT2D eigenvalue weighted by molar-refractivity contribution is 0.0697. The summed E-state index contributed by atoms with van der Waals surface area (Å²) in [6.07, 6.45) is 1.17. The van der Waals surface area contributed by atoms with Crippen molar-refractivity contribution < 1.29 is 9.90 Å². The van der Waals surface area contributed by atoms with Crippen LogP contribution in [0.15, 0.2) is 29.6 Å². The van der Waals surface area contributed by atoms with Crippen molar-refractivity contribution in [3.63, 3.8) is 0 Å². The van der Waals surface area contributed by atoms with Crippen molar-refractivity contribution in [2.24, 2.45) is 0 Å². The van der Waals surface area contributed by atoms with Gasteiger partial charge in [-0.05, 0) is 32.1 Å². The Hall–Kier alpha value is -1.72. The number of hydrogen-bond acceptors (Lipinski definition) is 4. The second-order valence-electron chi connectivity index (χ2n) is 5.20. The molecule has 2 heterocycles. The van der Waals surface area contributed by atoms with Crippen molar-refractivity contribution in [3.8, 4) is 11.3 Å². The Morgan fingerprint density at radius 2 is 2.15 bits per heavy atom. The first-order chi connectivity index (χ1) is 9.63. The number of aromatic carboxylic acids is 1. The van der Waals surface area contributed by atoms with Gasteiger partial charge < -0.3 is 10.0 Å². The van der Waals surface area contributed by atoms with Crippen molar-refractivity contribution >= 4 is 17.3 Å². The molecule has 1 saturated heterocycles. The number of carbonyl (C=O) groups is 1. The highest BCUT2D eigenvalue weighted by atomic mass is 32.1. The van der Waals surface area contributed by atoms with Crippen molar-refractivity contribution in [2.45, 2.75) is 12.3 Å². The molecule has 1 aromatic heterocycles. The molecule has 1 atom stereocenters. The van der Waals surface area contributed by atoms with E-state index in [1.807, 2.05) is 12.1 Å². The van der Waals surface area contributed by atoms with Gasteiger partial charge in [0.1, 0.15) is 0 Å². The van der Waals surface area contributed by atoms with Gasteiger partial charge in [0.05, 0.1) is 16.3 Å². The summed E-state index contributed by atoms with van der Waals surface area (Å²) in [6.45, 7) is 2.21. The maximum absolute atomic E-state index is 10.8. The van der Waals surface area contributed by atoms with E-state index in [1.54, 1.807) is 23.5 Å². The molecule has 2 aromatic rings. The van der Waals surface area contributed by atoms with E-state index >= 15 is 0 Å². The van der Waals surface area contributed by atoms with Crippen LogP contribution in [-0.4, -0.2) is 41.1 Å². The number of nitrogens with zero attached hydrogens (tertiary/aromatic N) is 2. The van der Waals surface area contributed by atoms with E-state index in [0.717, 1.165) is 24.3 Å². The van der Waals surface area contributed by atoms with Crippen LogP contribution in [0.25, 0.3) is 11.3 Å². The normalized spacial score (nSPS) is 19.4. The van der Waals surface area contributed by atoms with Gasteiger partial charge in [0.15, 0.2) is 0 Å². The third-order valence-electron chi connectivity index (χ3n) is 3.69. The van der Waals surface area contributed by atoms with Gasteiger partial charge in [-0.2, -0.15) is 0 Å². The van der Waals surface area contributed by atoms with Crippen LogP contribution in [-0.2, 0) is 0 Å². The molecule has 5 heteroatoms. The van der Waals surface area contributed by atoms with Crippen LogP contribution >= 0.6 is 11.3 Å². The third kappa shape index (κ3) is 2.59. The molecule has 0 aliphatic carbocycles. The number of rotatable bonds is 3. The highest BCUT2D eigenvalue weighted by Gasteiger charge is 2.23. The Labute approximate surface area is 121 Å². The largest absolute Gasteiger partial charge is 0.478 e. The number of carboxylic acids is 1. The number of thiazole rings is 1. The van der Waals surface area contributed by atoms with Crippen LogP contribution in [0.3, 0.4) is 0 Å². The summed E-state index contributed by atoms with van der Waals surface area (Å²) in [6, 6.07) is 6.90. The summed E-state index contributed by atoms with van der Waals surface area (Å²) in [5, 5.41) is 12.1. The minimum atomic E-state index is -0.899. The summed E-state index contributed by atoms with van der Waals surface area (Å²) in [4.78, 5) is 17.9. The Kier molecular flexibility index (Phi) is 3.54. The molecule has 1 aromatic carbocycles. The van der Waals surface area contributed by atoms with Crippen LogP contribution < -0.4 is 0 Å². The zero-order chi connectivity index (χ0) is 14.1. The molecule has 4 nitrogen and oxygen atoms in total. The number of likely N-dealkylation sites (N-methyl/N-ethyl adjacent to an activating group) is 1. The van der Waals surface area contributed by atoms with Gasteiger partial charge in [-0.15, -0.1) is 11.3 Å². The van der Waals surface area contributed by atoms with E-state index in [4.69, 9.17) is 10.1 Å². The summed E-state index contributed by atoms with van der Waals surface area (Å²) in [5.74, 6) is -0.360. The van der Waals surface area contributed by atoms with Crippen molar-refractivity contribution in [1.82, 2.24) is 9.88 Å². The zero-order valence-electron chi connectivity index (χ0n) is 11.2. The summed E-state index contributed by atoms with van der Waals surface area (Å²) in [5.41, 5.74) is 2.22. The fourth-order valence-electron chi connectivity index (χ4n) is 2.53. The Morgan fingerprint density at radius 1 is 1.40 bits per heavy atom. The maximum atomic E-state index is 10.8. The van der Waals surface area contributed by atoms with Gasteiger partial charge in [-0.3, -0.25) is 0 Å². The Morgan fingerprint density at radius 3 is 2.75 bits per heavy atom. The number of likely N-dealkylation sites (tertiary alicyclic amines) is 1. The van der Waals surface area contributed by atoms with Crippen molar-refractivity contribution in [3.05, 3.63) is 40.2 Å². The fourth-order valence-corrected chi connectivity index (χ4v) is 3.48. The standard InChI is InChI=1S/C15H16N2O2S/c1-17-7-6-12(8-17)14-16-13(9-20-14)10-2-4-11(5-3-10)15(18)19/h2-5,9,12H,6-8H2,1H3,(H,18,19). The number of hydrogen-bond donors (Lipinski definition) is 1. The summed E-state index contributed by atoms with van der Waals surface area (Å²) < 4.78 is 0. The molecule has 1 fully saturated rings. The third-order valence-corrected chi connectivity index (χ3v) is 4.70.